The number of amides is 1. The number of benzene rings is 2. The number of hydrogen-bond donors (Lipinski definition) is 1. The molecule has 142 valence electrons. The maximum absolute atomic E-state index is 12.3. The summed E-state index contributed by atoms with van der Waals surface area (Å²) in [5, 5.41) is 3.60. The van der Waals surface area contributed by atoms with Gasteiger partial charge in [0, 0.05) is 6.42 Å². The Hall–Kier alpha value is -2.40. The van der Waals surface area contributed by atoms with E-state index in [1.165, 1.54) is 16.9 Å². The van der Waals surface area contributed by atoms with E-state index in [1.807, 2.05) is 37.3 Å². The summed E-state index contributed by atoms with van der Waals surface area (Å²) in [4.78, 5) is 16.8. The van der Waals surface area contributed by atoms with Crippen molar-refractivity contribution in [3.05, 3.63) is 53.6 Å². The smallest absolute Gasteiger partial charge is 0.226 e. The fraction of sp³-hybridized carbons (Fsp3) is 0.364. The van der Waals surface area contributed by atoms with Crippen molar-refractivity contribution in [1.82, 2.24) is 4.98 Å². The number of hydrogen-bond acceptors (Lipinski definition) is 4. The van der Waals surface area contributed by atoms with Gasteiger partial charge in [-0.15, -0.1) is 0 Å². The third-order valence-corrected chi connectivity index (χ3v) is 5.31. The number of aromatic nitrogens is 1. The van der Waals surface area contributed by atoms with Gasteiger partial charge >= 0.3 is 0 Å². The highest BCUT2D eigenvalue weighted by Gasteiger charge is 2.15. The van der Waals surface area contributed by atoms with E-state index in [2.05, 4.69) is 43.2 Å². The number of carbonyl (C=O) groups excluding carboxylic acids is 1. The van der Waals surface area contributed by atoms with Crippen LogP contribution in [0.25, 0.3) is 10.2 Å². The number of aryl methyl sites for hydroxylation is 1. The molecule has 1 heterocycles. The number of fused-ring (bicyclic) bond motifs is 1. The molecule has 27 heavy (non-hydrogen) atoms. The summed E-state index contributed by atoms with van der Waals surface area (Å²) in [6, 6.07) is 14.2. The van der Waals surface area contributed by atoms with E-state index in [9.17, 15) is 4.79 Å². The number of anilines is 1. The highest BCUT2D eigenvalue weighted by atomic mass is 32.1. The molecule has 0 aliphatic carbocycles. The van der Waals surface area contributed by atoms with Gasteiger partial charge in [-0.25, -0.2) is 4.98 Å². The molecule has 3 rings (SSSR count). The second-order valence-corrected chi connectivity index (χ2v) is 8.61. The summed E-state index contributed by atoms with van der Waals surface area (Å²) in [6.07, 6.45) is 1.12. The molecule has 1 aromatic heterocycles. The third-order valence-electron chi connectivity index (χ3n) is 4.38. The Labute approximate surface area is 164 Å². The molecule has 0 radical (unpaired) electrons. The molecule has 0 saturated carbocycles. The zero-order valence-electron chi connectivity index (χ0n) is 16.3. The van der Waals surface area contributed by atoms with E-state index in [0.29, 0.717) is 24.6 Å². The van der Waals surface area contributed by atoms with Crippen LogP contribution in [0.2, 0.25) is 0 Å². The van der Waals surface area contributed by atoms with Crippen LogP contribution in [0.1, 0.15) is 45.2 Å². The van der Waals surface area contributed by atoms with Crippen molar-refractivity contribution in [2.24, 2.45) is 0 Å². The van der Waals surface area contributed by atoms with E-state index in [-0.39, 0.29) is 11.3 Å². The zero-order valence-corrected chi connectivity index (χ0v) is 17.2. The SMILES string of the molecule is CCOc1ccc(CCC(=O)Nc2nc3ccc(C(C)(C)C)cc3s2)cc1. The first-order valence-corrected chi connectivity index (χ1v) is 10.1. The Morgan fingerprint density at radius 3 is 2.56 bits per heavy atom. The highest BCUT2D eigenvalue weighted by Crippen LogP contribution is 2.31. The second-order valence-electron chi connectivity index (χ2n) is 7.58. The molecule has 1 amide bonds. The molecule has 0 saturated heterocycles. The average Bonchev–Trinajstić information content (AvgIpc) is 3.02. The summed E-state index contributed by atoms with van der Waals surface area (Å²) in [5.74, 6) is 0.841. The maximum atomic E-state index is 12.3. The van der Waals surface area contributed by atoms with Crippen molar-refractivity contribution in [2.45, 2.75) is 46.0 Å². The van der Waals surface area contributed by atoms with Crippen molar-refractivity contribution in [1.29, 1.82) is 0 Å². The summed E-state index contributed by atoms with van der Waals surface area (Å²) >= 11 is 1.53. The van der Waals surface area contributed by atoms with Gasteiger partial charge in [0.1, 0.15) is 5.75 Å². The largest absolute Gasteiger partial charge is 0.494 e. The zero-order chi connectivity index (χ0) is 19.4. The molecule has 0 unspecified atom stereocenters. The Balaban J connectivity index is 1.60. The molecule has 0 spiro atoms. The topological polar surface area (TPSA) is 51.2 Å². The fourth-order valence-corrected chi connectivity index (χ4v) is 3.72. The van der Waals surface area contributed by atoms with Crippen LogP contribution in [0.5, 0.6) is 5.75 Å². The van der Waals surface area contributed by atoms with Crippen LogP contribution in [0, 0.1) is 0 Å². The lowest BCUT2D eigenvalue weighted by Crippen LogP contribution is -2.12. The number of ether oxygens (including phenoxy) is 1. The van der Waals surface area contributed by atoms with E-state index in [0.717, 1.165) is 21.5 Å². The summed E-state index contributed by atoms with van der Waals surface area (Å²) < 4.78 is 6.54. The normalized spacial score (nSPS) is 11.6. The Morgan fingerprint density at radius 1 is 1.15 bits per heavy atom. The van der Waals surface area contributed by atoms with Crippen LogP contribution in [-0.2, 0) is 16.6 Å². The van der Waals surface area contributed by atoms with Gasteiger partial charge in [-0.1, -0.05) is 50.3 Å². The predicted molar refractivity (Wildman–Crippen MR) is 113 cm³/mol. The van der Waals surface area contributed by atoms with Crippen molar-refractivity contribution >= 4 is 32.6 Å². The summed E-state index contributed by atoms with van der Waals surface area (Å²) in [6.45, 7) is 9.20. The Morgan fingerprint density at radius 2 is 1.89 bits per heavy atom. The molecule has 5 heteroatoms. The van der Waals surface area contributed by atoms with Gasteiger partial charge in [0.05, 0.1) is 16.8 Å². The number of nitrogens with zero attached hydrogens (tertiary/aromatic N) is 1. The minimum absolute atomic E-state index is 0.0148. The average molecular weight is 383 g/mol. The minimum Gasteiger partial charge on any atom is -0.494 e. The van der Waals surface area contributed by atoms with Crippen LogP contribution in [0.3, 0.4) is 0 Å². The minimum atomic E-state index is -0.0148. The van der Waals surface area contributed by atoms with Crippen LogP contribution < -0.4 is 10.1 Å². The molecule has 4 nitrogen and oxygen atoms in total. The lowest BCUT2D eigenvalue weighted by Gasteiger charge is -2.18. The molecule has 3 aromatic rings. The van der Waals surface area contributed by atoms with E-state index in [1.54, 1.807) is 0 Å². The quantitative estimate of drug-likeness (QED) is 0.607. The van der Waals surface area contributed by atoms with Gasteiger partial charge in [-0.2, -0.15) is 0 Å². The maximum Gasteiger partial charge on any atom is 0.226 e. The lowest BCUT2D eigenvalue weighted by molar-refractivity contribution is -0.116. The molecule has 0 atom stereocenters. The third kappa shape index (κ3) is 5.07. The van der Waals surface area contributed by atoms with Gasteiger partial charge < -0.3 is 10.1 Å². The first-order valence-electron chi connectivity index (χ1n) is 9.28. The monoisotopic (exact) mass is 382 g/mol. The first-order chi connectivity index (χ1) is 12.8. The van der Waals surface area contributed by atoms with E-state index >= 15 is 0 Å². The fourth-order valence-electron chi connectivity index (χ4n) is 2.80. The molecule has 2 aromatic carbocycles. The molecule has 0 aliphatic heterocycles. The Kier molecular flexibility index (Phi) is 5.80. The molecular weight excluding hydrogens is 356 g/mol. The summed E-state index contributed by atoms with van der Waals surface area (Å²) in [5.41, 5.74) is 3.41. The van der Waals surface area contributed by atoms with E-state index < -0.39 is 0 Å². The number of nitrogens with one attached hydrogen (secondary N) is 1. The molecule has 1 N–H and O–H groups in total. The van der Waals surface area contributed by atoms with Crippen molar-refractivity contribution in [3.63, 3.8) is 0 Å². The van der Waals surface area contributed by atoms with Crippen molar-refractivity contribution in [2.75, 3.05) is 11.9 Å². The first kappa shape index (κ1) is 19.4. The van der Waals surface area contributed by atoms with Crippen molar-refractivity contribution < 1.29 is 9.53 Å². The van der Waals surface area contributed by atoms with E-state index in [4.69, 9.17) is 4.74 Å². The second kappa shape index (κ2) is 8.09. The lowest BCUT2D eigenvalue weighted by atomic mass is 9.87. The van der Waals surface area contributed by atoms with Gasteiger partial charge in [-0.05, 0) is 54.2 Å². The van der Waals surface area contributed by atoms with Crippen LogP contribution in [0.4, 0.5) is 5.13 Å². The van der Waals surface area contributed by atoms with Gasteiger partial charge in [-0.3, -0.25) is 4.79 Å². The van der Waals surface area contributed by atoms with Gasteiger partial charge in [0.25, 0.3) is 0 Å². The van der Waals surface area contributed by atoms with Crippen LogP contribution in [0.15, 0.2) is 42.5 Å². The molecule has 0 fully saturated rings. The predicted octanol–water partition coefficient (Wildman–Crippen LogP) is 5.56. The van der Waals surface area contributed by atoms with Crippen LogP contribution in [-0.4, -0.2) is 17.5 Å². The number of carbonyl (C=O) groups is 1. The number of thiazole rings is 1. The van der Waals surface area contributed by atoms with Gasteiger partial charge in [0.2, 0.25) is 5.91 Å². The summed E-state index contributed by atoms with van der Waals surface area (Å²) in [7, 11) is 0. The Bertz CT molecular complexity index is 924. The van der Waals surface area contributed by atoms with Crippen molar-refractivity contribution in [3.8, 4) is 5.75 Å². The molecule has 0 aliphatic rings. The molecule has 0 bridgehead atoms. The standard InChI is InChI=1S/C22H26N2O2S/c1-5-26-17-10-6-15(7-11-17)8-13-20(25)24-21-23-18-12-9-16(22(2,3)4)14-19(18)27-21/h6-7,9-12,14H,5,8,13H2,1-4H3,(H,23,24,25). The number of rotatable bonds is 6. The molecular formula is C22H26N2O2S. The van der Waals surface area contributed by atoms with Gasteiger partial charge in [0.15, 0.2) is 5.13 Å². The highest BCUT2D eigenvalue weighted by molar-refractivity contribution is 7.22. The van der Waals surface area contributed by atoms with Crippen LogP contribution >= 0.6 is 11.3 Å².